The van der Waals surface area contributed by atoms with Gasteiger partial charge in [0.1, 0.15) is 6.33 Å². The molecular weight excluding hydrogens is 256 g/mol. The fraction of sp³-hybridized carbons (Fsp3) is 0.385. The SMILES string of the molecule is O=C(Nc1ccc(-n2cnnn2)cc1)C1CCNCC1. The van der Waals surface area contributed by atoms with Gasteiger partial charge >= 0.3 is 0 Å². The Hall–Kier alpha value is -2.28. The number of hydrogen-bond donors (Lipinski definition) is 2. The molecule has 0 unspecified atom stereocenters. The number of carbonyl (C=O) groups excluding carboxylic acids is 1. The van der Waals surface area contributed by atoms with Crippen molar-refractivity contribution in [1.29, 1.82) is 0 Å². The molecule has 2 aromatic rings. The topological polar surface area (TPSA) is 84.7 Å². The summed E-state index contributed by atoms with van der Waals surface area (Å²) in [6, 6.07) is 7.45. The molecule has 0 atom stereocenters. The Morgan fingerprint density at radius 2 is 2.00 bits per heavy atom. The van der Waals surface area contributed by atoms with Crippen molar-refractivity contribution in [1.82, 2.24) is 25.5 Å². The zero-order valence-electron chi connectivity index (χ0n) is 11.0. The maximum absolute atomic E-state index is 12.1. The van der Waals surface area contributed by atoms with E-state index in [4.69, 9.17) is 0 Å². The van der Waals surface area contributed by atoms with E-state index in [0.29, 0.717) is 0 Å². The molecule has 1 saturated heterocycles. The summed E-state index contributed by atoms with van der Waals surface area (Å²) >= 11 is 0. The fourth-order valence-electron chi connectivity index (χ4n) is 2.31. The molecule has 0 radical (unpaired) electrons. The highest BCUT2D eigenvalue weighted by Crippen LogP contribution is 2.17. The van der Waals surface area contributed by atoms with Crippen LogP contribution in [0.3, 0.4) is 0 Å². The molecule has 1 aliphatic rings. The van der Waals surface area contributed by atoms with Crippen molar-refractivity contribution in [2.24, 2.45) is 5.92 Å². The van der Waals surface area contributed by atoms with Crippen LogP contribution in [0, 0.1) is 5.92 Å². The lowest BCUT2D eigenvalue weighted by atomic mass is 9.97. The van der Waals surface area contributed by atoms with E-state index in [-0.39, 0.29) is 11.8 Å². The van der Waals surface area contributed by atoms with Gasteiger partial charge in [0.15, 0.2) is 0 Å². The van der Waals surface area contributed by atoms with Gasteiger partial charge in [0.2, 0.25) is 5.91 Å². The van der Waals surface area contributed by atoms with Crippen LogP contribution < -0.4 is 10.6 Å². The Kier molecular flexibility index (Phi) is 3.69. The Morgan fingerprint density at radius 1 is 1.25 bits per heavy atom. The van der Waals surface area contributed by atoms with Crippen LogP contribution in [0.4, 0.5) is 5.69 Å². The zero-order valence-corrected chi connectivity index (χ0v) is 11.0. The first kappa shape index (κ1) is 12.7. The van der Waals surface area contributed by atoms with Crippen molar-refractivity contribution < 1.29 is 4.79 Å². The summed E-state index contributed by atoms with van der Waals surface area (Å²) in [5, 5.41) is 17.2. The van der Waals surface area contributed by atoms with Gasteiger partial charge in [-0.3, -0.25) is 4.79 Å². The molecule has 1 aromatic carbocycles. The van der Waals surface area contributed by atoms with Gasteiger partial charge < -0.3 is 10.6 Å². The van der Waals surface area contributed by atoms with E-state index in [1.807, 2.05) is 24.3 Å². The molecule has 1 aliphatic heterocycles. The highest BCUT2D eigenvalue weighted by molar-refractivity contribution is 5.92. The number of piperidine rings is 1. The summed E-state index contributed by atoms with van der Waals surface area (Å²) in [4.78, 5) is 12.1. The van der Waals surface area contributed by atoms with Crippen molar-refractivity contribution in [3.05, 3.63) is 30.6 Å². The molecule has 7 nitrogen and oxygen atoms in total. The first-order valence-electron chi connectivity index (χ1n) is 6.68. The second-order valence-electron chi connectivity index (χ2n) is 4.81. The third-order valence-corrected chi connectivity index (χ3v) is 3.46. The van der Waals surface area contributed by atoms with Crippen molar-refractivity contribution in [3.63, 3.8) is 0 Å². The van der Waals surface area contributed by atoms with Gasteiger partial charge in [0, 0.05) is 11.6 Å². The number of aromatic nitrogens is 4. The Balaban J connectivity index is 1.64. The number of carbonyl (C=O) groups is 1. The third kappa shape index (κ3) is 2.83. The number of hydrogen-bond acceptors (Lipinski definition) is 5. The first-order chi connectivity index (χ1) is 9.83. The summed E-state index contributed by atoms with van der Waals surface area (Å²) in [7, 11) is 0. The number of amides is 1. The molecule has 0 saturated carbocycles. The van der Waals surface area contributed by atoms with Gasteiger partial charge in [-0.1, -0.05) is 0 Å². The van der Waals surface area contributed by atoms with E-state index in [1.165, 1.54) is 6.33 Å². The van der Waals surface area contributed by atoms with E-state index in [0.717, 1.165) is 37.3 Å². The average Bonchev–Trinajstić information content (AvgIpc) is 3.03. The molecule has 1 fully saturated rings. The van der Waals surface area contributed by atoms with Crippen LogP contribution in [0.2, 0.25) is 0 Å². The van der Waals surface area contributed by atoms with E-state index >= 15 is 0 Å². The summed E-state index contributed by atoms with van der Waals surface area (Å²) in [5.74, 6) is 0.206. The highest BCUT2D eigenvalue weighted by atomic mass is 16.1. The number of nitrogens with zero attached hydrogens (tertiary/aromatic N) is 4. The molecule has 1 aromatic heterocycles. The maximum Gasteiger partial charge on any atom is 0.227 e. The minimum Gasteiger partial charge on any atom is -0.326 e. The van der Waals surface area contributed by atoms with E-state index in [1.54, 1.807) is 4.68 Å². The molecule has 104 valence electrons. The van der Waals surface area contributed by atoms with Crippen LogP contribution in [0.15, 0.2) is 30.6 Å². The lowest BCUT2D eigenvalue weighted by molar-refractivity contribution is -0.120. The second-order valence-corrected chi connectivity index (χ2v) is 4.81. The molecule has 2 N–H and O–H groups in total. The lowest BCUT2D eigenvalue weighted by Gasteiger charge is -2.21. The number of rotatable bonds is 3. The van der Waals surface area contributed by atoms with Crippen molar-refractivity contribution in [2.45, 2.75) is 12.8 Å². The Labute approximate surface area is 116 Å². The average molecular weight is 272 g/mol. The maximum atomic E-state index is 12.1. The Bertz CT molecular complexity index is 559. The largest absolute Gasteiger partial charge is 0.326 e. The van der Waals surface area contributed by atoms with Crippen LogP contribution in [-0.4, -0.2) is 39.2 Å². The molecule has 20 heavy (non-hydrogen) atoms. The second kappa shape index (κ2) is 5.79. The molecule has 2 heterocycles. The lowest BCUT2D eigenvalue weighted by Crippen LogP contribution is -2.34. The van der Waals surface area contributed by atoms with Crippen LogP contribution in [0.25, 0.3) is 5.69 Å². The molecular formula is C13H16N6O. The summed E-state index contributed by atoms with van der Waals surface area (Å²) in [6.45, 7) is 1.83. The predicted octanol–water partition coefficient (Wildman–Crippen LogP) is 0.600. The molecule has 0 aliphatic carbocycles. The monoisotopic (exact) mass is 272 g/mol. The third-order valence-electron chi connectivity index (χ3n) is 3.46. The van der Waals surface area contributed by atoms with Crippen LogP contribution in [-0.2, 0) is 4.79 Å². The van der Waals surface area contributed by atoms with E-state index in [2.05, 4.69) is 26.2 Å². The zero-order chi connectivity index (χ0) is 13.8. The van der Waals surface area contributed by atoms with Gasteiger partial charge in [-0.05, 0) is 60.6 Å². The minimum atomic E-state index is 0.0988. The molecule has 3 rings (SSSR count). The molecule has 1 amide bonds. The molecule has 7 heteroatoms. The number of anilines is 1. The van der Waals surface area contributed by atoms with Crippen molar-refractivity contribution >= 4 is 11.6 Å². The summed E-state index contributed by atoms with van der Waals surface area (Å²) in [5.41, 5.74) is 1.65. The van der Waals surface area contributed by atoms with Crippen molar-refractivity contribution in [3.8, 4) is 5.69 Å². The predicted molar refractivity (Wildman–Crippen MR) is 73.4 cm³/mol. The van der Waals surface area contributed by atoms with Gasteiger partial charge in [0.25, 0.3) is 0 Å². The Morgan fingerprint density at radius 3 is 2.65 bits per heavy atom. The van der Waals surface area contributed by atoms with Gasteiger partial charge in [-0.2, -0.15) is 0 Å². The van der Waals surface area contributed by atoms with Crippen LogP contribution in [0.5, 0.6) is 0 Å². The number of nitrogens with one attached hydrogen (secondary N) is 2. The quantitative estimate of drug-likeness (QED) is 0.854. The van der Waals surface area contributed by atoms with Gasteiger partial charge in [-0.15, -0.1) is 5.10 Å². The van der Waals surface area contributed by atoms with E-state index < -0.39 is 0 Å². The summed E-state index contributed by atoms with van der Waals surface area (Å²) < 4.78 is 1.57. The van der Waals surface area contributed by atoms with Crippen LogP contribution >= 0.6 is 0 Å². The smallest absolute Gasteiger partial charge is 0.227 e. The highest BCUT2D eigenvalue weighted by Gasteiger charge is 2.20. The van der Waals surface area contributed by atoms with Gasteiger partial charge in [0.05, 0.1) is 5.69 Å². The standard InChI is InChI=1S/C13H16N6O/c20-13(10-5-7-14-8-6-10)16-11-1-3-12(4-2-11)19-9-15-17-18-19/h1-4,9-10,14H,5-8H2,(H,16,20). The minimum absolute atomic E-state index is 0.0988. The van der Waals surface area contributed by atoms with Crippen LogP contribution in [0.1, 0.15) is 12.8 Å². The number of tetrazole rings is 1. The normalized spacial score (nSPS) is 16.0. The van der Waals surface area contributed by atoms with Gasteiger partial charge in [-0.25, -0.2) is 4.68 Å². The fourth-order valence-corrected chi connectivity index (χ4v) is 2.31. The molecule has 0 spiro atoms. The first-order valence-corrected chi connectivity index (χ1v) is 6.68. The summed E-state index contributed by atoms with van der Waals surface area (Å²) in [6.07, 6.45) is 3.33. The van der Waals surface area contributed by atoms with Crippen molar-refractivity contribution in [2.75, 3.05) is 18.4 Å². The van der Waals surface area contributed by atoms with E-state index in [9.17, 15) is 4.79 Å². The number of benzene rings is 1. The molecule has 0 bridgehead atoms.